The number of likely N-dealkylation sites (tertiary alicyclic amines) is 1. The fraction of sp³-hybridized carbons (Fsp3) is 0.680. The third kappa shape index (κ3) is 2.17. The second kappa shape index (κ2) is 5.59. The maximum absolute atomic E-state index is 12.3. The first-order valence-corrected chi connectivity index (χ1v) is 11.7. The van der Waals surface area contributed by atoms with Crippen LogP contribution >= 0.6 is 0 Å². The largest absolute Gasteiger partial charge is 0.489 e. The first-order valence-electron chi connectivity index (χ1n) is 11.7. The van der Waals surface area contributed by atoms with Crippen molar-refractivity contribution in [1.82, 2.24) is 4.90 Å². The smallest absolute Gasteiger partial charge is 0.166 e. The van der Waals surface area contributed by atoms with Crippen LogP contribution in [0.3, 0.4) is 0 Å². The highest BCUT2D eigenvalue weighted by Gasteiger charge is 2.72. The SMILES string of the molecule is C=C1CC[C@@]2(O)[C@H]3Cc4ccc(OCC5CC5)c5c4[C@@]2(CCN3CC2CC2)[C@H]1O5. The van der Waals surface area contributed by atoms with Gasteiger partial charge < -0.3 is 14.6 Å². The van der Waals surface area contributed by atoms with Crippen molar-refractivity contribution >= 4 is 0 Å². The van der Waals surface area contributed by atoms with Crippen molar-refractivity contribution in [3.8, 4) is 11.5 Å². The second-order valence-corrected chi connectivity index (χ2v) is 10.6. The number of piperidine rings is 1. The van der Waals surface area contributed by atoms with Gasteiger partial charge in [-0.2, -0.15) is 0 Å². The Hall–Kier alpha value is -1.52. The molecule has 2 heterocycles. The lowest BCUT2D eigenvalue weighted by Crippen LogP contribution is -2.75. The summed E-state index contributed by atoms with van der Waals surface area (Å²) in [7, 11) is 0. The van der Waals surface area contributed by atoms with E-state index in [0.717, 1.165) is 68.4 Å². The van der Waals surface area contributed by atoms with Crippen LogP contribution in [-0.4, -0.2) is 47.4 Å². The van der Waals surface area contributed by atoms with Crippen molar-refractivity contribution in [2.45, 2.75) is 74.5 Å². The number of aliphatic hydroxyl groups is 1. The average molecular weight is 394 g/mol. The van der Waals surface area contributed by atoms with E-state index in [1.54, 1.807) is 0 Å². The number of ether oxygens (including phenoxy) is 2. The number of nitrogens with zero attached hydrogens (tertiary/aromatic N) is 1. The van der Waals surface area contributed by atoms with Gasteiger partial charge in [-0.1, -0.05) is 12.6 Å². The van der Waals surface area contributed by atoms with E-state index in [9.17, 15) is 5.11 Å². The average Bonchev–Trinajstić information content (AvgIpc) is 3.63. The van der Waals surface area contributed by atoms with Gasteiger partial charge in [0, 0.05) is 18.2 Å². The Morgan fingerprint density at radius 3 is 2.79 bits per heavy atom. The minimum absolute atomic E-state index is 0.105. The van der Waals surface area contributed by atoms with Gasteiger partial charge in [0.05, 0.1) is 17.6 Å². The third-order valence-electron chi connectivity index (χ3n) is 8.87. The van der Waals surface area contributed by atoms with E-state index in [1.165, 1.54) is 36.8 Å². The van der Waals surface area contributed by atoms with Crippen molar-refractivity contribution in [3.63, 3.8) is 0 Å². The molecule has 4 nitrogen and oxygen atoms in total. The molecule has 29 heavy (non-hydrogen) atoms. The van der Waals surface area contributed by atoms with Crippen LogP contribution in [0.5, 0.6) is 11.5 Å². The molecule has 4 heteroatoms. The molecule has 4 fully saturated rings. The van der Waals surface area contributed by atoms with Crippen LogP contribution in [0.15, 0.2) is 24.3 Å². The van der Waals surface area contributed by atoms with E-state index >= 15 is 0 Å². The van der Waals surface area contributed by atoms with Crippen LogP contribution < -0.4 is 9.47 Å². The summed E-state index contributed by atoms with van der Waals surface area (Å²) in [5, 5.41) is 12.3. The monoisotopic (exact) mass is 393 g/mol. The Balaban J connectivity index is 1.37. The van der Waals surface area contributed by atoms with Crippen LogP contribution in [0.4, 0.5) is 0 Å². The van der Waals surface area contributed by atoms with E-state index < -0.39 is 5.60 Å². The molecule has 0 radical (unpaired) electrons. The van der Waals surface area contributed by atoms with Crippen LogP contribution in [0.25, 0.3) is 0 Å². The van der Waals surface area contributed by atoms with E-state index in [1.807, 2.05) is 0 Å². The Labute approximate surface area is 172 Å². The molecule has 6 aliphatic rings. The van der Waals surface area contributed by atoms with Gasteiger partial charge >= 0.3 is 0 Å². The molecule has 4 atom stereocenters. The summed E-state index contributed by atoms with van der Waals surface area (Å²) in [4.78, 5) is 2.62. The molecule has 3 saturated carbocycles. The second-order valence-electron chi connectivity index (χ2n) is 10.6. The zero-order chi connectivity index (χ0) is 19.4. The molecule has 1 N–H and O–H groups in total. The summed E-state index contributed by atoms with van der Waals surface area (Å²) < 4.78 is 12.9. The normalized spacial score (nSPS) is 39.8. The number of benzene rings is 1. The molecule has 1 aromatic carbocycles. The summed E-state index contributed by atoms with van der Waals surface area (Å²) in [5.74, 6) is 3.36. The highest BCUT2D eigenvalue weighted by atomic mass is 16.5. The molecule has 0 aromatic heterocycles. The fourth-order valence-electron chi connectivity index (χ4n) is 6.99. The van der Waals surface area contributed by atoms with Crippen molar-refractivity contribution < 1.29 is 14.6 Å². The minimum atomic E-state index is -0.723. The van der Waals surface area contributed by atoms with Gasteiger partial charge in [0.2, 0.25) is 0 Å². The molecular formula is C25H31NO3. The van der Waals surface area contributed by atoms with Crippen LogP contribution in [0, 0.1) is 11.8 Å². The Kier molecular flexibility index (Phi) is 3.31. The Morgan fingerprint density at radius 1 is 1.17 bits per heavy atom. The molecule has 1 saturated heterocycles. The summed E-state index contributed by atoms with van der Waals surface area (Å²) in [5.41, 5.74) is 2.72. The molecule has 0 amide bonds. The number of hydrogen-bond donors (Lipinski definition) is 1. The molecule has 7 rings (SSSR count). The molecule has 2 aliphatic heterocycles. The third-order valence-corrected chi connectivity index (χ3v) is 8.87. The van der Waals surface area contributed by atoms with Gasteiger partial charge in [0.25, 0.3) is 0 Å². The maximum atomic E-state index is 12.3. The van der Waals surface area contributed by atoms with Crippen LogP contribution in [0.1, 0.15) is 56.1 Å². The fourth-order valence-corrected chi connectivity index (χ4v) is 6.99. The standard InChI is InChI=1S/C25H31NO3/c1-15-8-9-25(27)20-12-18-6-7-19(28-14-17-4-5-17)22-21(18)24(25,23(15)29-22)10-11-26(20)13-16-2-3-16/h6-7,16-17,20,23,27H,1-5,8-14H2/t20-,23+,24+,25-/m1/s1. The molecule has 154 valence electrons. The summed E-state index contributed by atoms with van der Waals surface area (Å²) in [6.07, 6.45) is 8.73. The highest BCUT2D eigenvalue weighted by Crippen LogP contribution is 2.66. The Bertz CT molecular complexity index is 904. The lowest BCUT2D eigenvalue weighted by Gasteiger charge is -2.63. The van der Waals surface area contributed by atoms with Crippen LogP contribution in [-0.2, 0) is 11.8 Å². The summed E-state index contributed by atoms with van der Waals surface area (Å²) in [6, 6.07) is 4.59. The van der Waals surface area contributed by atoms with Gasteiger partial charge in [-0.25, -0.2) is 0 Å². The molecule has 2 bridgehead atoms. The van der Waals surface area contributed by atoms with Crippen molar-refractivity contribution in [3.05, 3.63) is 35.4 Å². The zero-order valence-corrected chi connectivity index (χ0v) is 17.2. The van der Waals surface area contributed by atoms with Gasteiger partial charge in [0.15, 0.2) is 11.5 Å². The van der Waals surface area contributed by atoms with Crippen molar-refractivity contribution in [2.24, 2.45) is 11.8 Å². The van der Waals surface area contributed by atoms with Gasteiger partial charge in [-0.05, 0) is 87.0 Å². The van der Waals surface area contributed by atoms with Gasteiger partial charge in [-0.3, -0.25) is 4.90 Å². The zero-order valence-electron chi connectivity index (χ0n) is 17.2. The van der Waals surface area contributed by atoms with E-state index in [-0.39, 0.29) is 17.6 Å². The molecule has 4 aliphatic carbocycles. The maximum Gasteiger partial charge on any atom is 0.166 e. The molecule has 0 unspecified atom stereocenters. The van der Waals surface area contributed by atoms with Crippen LogP contribution in [0.2, 0.25) is 0 Å². The highest BCUT2D eigenvalue weighted by molar-refractivity contribution is 5.64. The minimum Gasteiger partial charge on any atom is -0.489 e. The van der Waals surface area contributed by atoms with E-state index in [4.69, 9.17) is 9.47 Å². The molecule has 1 spiro atoms. The first-order chi connectivity index (χ1) is 14.1. The topological polar surface area (TPSA) is 41.9 Å². The lowest BCUT2D eigenvalue weighted by atomic mass is 9.48. The van der Waals surface area contributed by atoms with Gasteiger partial charge in [-0.15, -0.1) is 0 Å². The van der Waals surface area contributed by atoms with Crippen molar-refractivity contribution in [1.29, 1.82) is 0 Å². The lowest BCUT2D eigenvalue weighted by molar-refractivity contribution is -0.174. The molecule has 1 aromatic rings. The van der Waals surface area contributed by atoms with Gasteiger partial charge in [0.1, 0.15) is 6.10 Å². The predicted octanol–water partition coefficient (Wildman–Crippen LogP) is 3.60. The van der Waals surface area contributed by atoms with E-state index in [0.29, 0.717) is 5.92 Å². The van der Waals surface area contributed by atoms with Crippen molar-refractivity contribution in [2.75, 3.05) is 19.7 Å². The summed E-state index contributed by atoms with van der Waals surface area (Å²) >= 11 is 0. The predicted molar refractivity (Wildman–Crippen MR) is 110 cm³/mol. The number of hydrogen-bond acceptors (Lipinski definition) is 4. The summed E-state index contributed by atoms with van der Waals surface area (Å²) in [6.45, 7) is 7.40. The Morgan fingerprint density at radius 2 is 2.00 bits per heavy atom. The van der Waals surface area contributed by atoms with E-state index in [2.05, 4.69) is 23.6 Å². The quantitative estimate of drug-likeness (QED) is 0.777. The first kappa shape index (κ1) is 17.2. The number of rotatable bonds is 5. The molecular weight excluding hydrogens is 362 g/mol.